The third-order valence-corrected chi connectivity index (χ3v) is 3.21. The van der Waals surface area contributed by atoms with Crippen molar-refractivity contribution in [1.29, 1.82) is 0 Å². The van der Waals surface area contributed by atoms with E-state index < -0.39 is 0 Å². The van der Waals surface area contributed by atoms with Crippen molar-refractivity contribution < 1.29 is 0 Å². The van der Waals surface area contributed by atoms with E-state index in [9.17, 15) is 0 Å². The van der Waals surface area contributed by atoms with Crippen LogP contribution in [0.3, 0.4) is 0 Å². The highest BCUT2D eigenvalue weighted by Crippen LogP contribution is 2.28. The molecule has 0 amide bonds. The van der Waals surface area contributed by atoms with E-state index in [2.05, 4.69) is 29.0 Å². The molecule has 2 rings (SSSR count). The molecule has 2 aromatic heterocycles. The number of aromatic nitrogens is 3. The predicted octanol–water partition coefficient (Wildman–Crippen LogP) is 2.24. The van der Waals surface area contributed by atoms with E-state index >= 15 is 0 Å². The van der Waals surface area contributed by atoms with Crippen molar-refractivity contribution in [2.75, 3.05) is 5.73 Å². The zero-order chi connectivity index (χ0) is 10.1. The summed E-state index contributed by atoms with van der Waals surface area (Å²) in [5, 5.41) is 7.88. The van der Waals surface area contributed by atoms with Crippen LogP contribution in [0.15, 0.2) is 12.3 Å². The first-order valence-corrected chi connectivity index (χ1v) is 5.25. The van der Waals surface area contributed by atoms with Crippen LogP contribution in [0.4, 0.5) is 5.82 Å². The second-order valence-electron chi connectivity index (χ2n) is 3.42. The van der Waals surface area contributed by atoms with Crippen molar-refractivity contribution >= 4 is 17.2 Å². The first-order chi connectivity index (χ1) is 6.66. The highest BCUT2D eigenvalue weighted by atomic mass is 32.1. The second-order valence-corrected chi connectivity index (χ2v) is 4.49. The molecule has 0 aromatic carbocycles. The molecular weight excluding hydrogens is 196 g/mol. The number of nitrogens with zero attached hydrogens (tertiary/aromatic N) is 2. The number of H-pyrrole nitrogens is 1. The maximum Gasteiger partial charge on any atom is 0.145 e. The van der Waals surface area contributed by atoms with Gasteiger partial charge in [0.25, 0.3) is 0 Å². The van der Waals surface area contributed by atoms with Gasteiger partial charge in [0.2, 0.25) is 0 Å². The third kappa shape index (κ3) is 1.63. The molecular formula is C9H12N4S. The lowest BCUT2D eigenvalue weighted by atomic mass is 10.2. The lowest BCUT2D eigenvalue weighted by Crippen LogP contribution is -1.81. The van der Waals surface area contributed by atoms with Crippen molar-refractivity contribution in [2.24, 2.45) is 0 Å². The van der Waals surface area contributed by atoms with Gasteiger partial charge in [0, 0.05) is 18.2 Å². The number of aromatic amines is 1. The van der Waals surface area contributed by atoms with Gasteiger partial charge in [-0.2, -0.15) is 5.10 Å². The van der Waals surface area contributed by atoms with Crippen LogP contribution in [-0.4, -0.2) is 15.2 Å². The number of hydrogen-bond acceptors (Lipinski definition) is 4. The topological polar surface area (TPSA) is 67.6 Å². The van der Waals surface area contributed by atoms with Gasteiger partial charge in [-0.3, -0.25) is 5.10 Å². The van der Waals surface area contributed by atoms with Crippen LogP contribution in [0.1, 0.15) is 24.8 Å². The number of nitrogen functional groups attached to an aromatic ring is 1. The normalized spacial score (nSPS) is 11.1. The smallest absolute Gasteiger partial charge is 0.145 e. The van der Waals surface area contributed by atoms with Crippen LogP contribution >= 0.6 is 11.3 Å². The average Bonchev–Trinajstić information content (AvgIpc) is 2.70. The Morgan fingerprint density at radius 2 is 2.29 bits per heavy atom. The summed E-state index contributed by atoms with van der Waals surface area (Å²) in [6.45, 7) is 4.26. The molecule has 3 N–H and O–H groups in total. The van der Waals surface area contributed by atoms with Gasteiger partial charge in [0.05, 0.1) is 15.6 Å². The largest absolute Gasteiger partial charge is 0.382 e. The van der Waals surface area contributed by atoms with Crippen LogP contribution in [-0.2, 0) is 0 Å². The molecule has 74 valence electrons. The van der Waals surface area contributed by atoms with Crippen LogP contribution in [0.5, 0.6) is 0 Å². The fourth-order valence-electron chi connectivity index (χ4n) is 1.14. The SMILES string of the molecule is CC(C)c1ncc(-c2cc(N)n[nH]2)s1. The van der Waals surface area contributed by atoms with Gasteiger partial charge in [-0.15, -0.1) is 11.3 Å². The molecule has 0 aliphatic heterocycles. The van der Waals surface area contributed by atoms with E-state index in [-0.39, 0.29) is 0 Å². The molecule has 0 aliphatic carbocycles. The Kier molecular flexibility index (Phi) is 2.25. The summed E-state index contributed by atoms with van der Waals surface area (Å²) >= 11 is 1.67. The van der Waals surface area contributed by atoms with E-state index in [1.54, 1.807) is 11.3 Å². The van der Waals surface area contributed by atoms with Gasteiger partial charge in [-0.1, -0.05) is 13.8 Å². The molecule has 0 fully saturated rings. The number of anilines is 1. The zero-order valence-corrected chi connectivity index (χ0v) is 8.93. The number of rotatable bonds is 2. The first kappa shape index (κ1) is 9.21. The fourth-order valence-corrected chi connectivity index (χ4v) is 2.03. The summed E-state index contributed by atoms with van der Waals surface area (Å²) in [6, 6.07) is 1.82. The minimum atomic E-state index is 0.467. The van der Waals surface area contributed by atoms with Crippen molar-refractivity contribution in [3.05, 3.63) is 17.3 Å². The minimum Gasteiger partial charge on any atom is -0.382 e. The zero-order valence-electron chi connectivity index (χ0n) is 8.11. The third-order valence-electron chi connectivity index (χ3n) is 1.88. The molecule has 0 bridgehead atoms. The molecule has 14 heavy (non-hydrogen) atoms. The summed E-state index contributed by atoms with van der Waals surface area (Å²) in [4.78, 5) is 5.41. The first-order valence-electron chi connectivity index (χ1n) is 4.44. The van der Waals surface area contributed by atoms with E-state index in [0.717, 1.165) is 15.6 Å². The molecule has 0 radical (unpaired) electrons. The van der Waals surface area contributed by atoms with Gasteiger partial charge in [-0.25, -0.2) is 4.98 Å². The maximum atomic E-state index is 5.52. The average molecular weight is 208 g/mol. The Labute approximate surface area is 86.2 Å². The van der Waals surface area contributed by atoms with Crippen molar-refractivity contribution in [3.8, 4) is 10.6 Å². The Hall–Kier alpha value is -1.36. The Balaban J connectivity index is 2.33. The molecule has 0 unspecified atom stereocenters. The van der Waals surface area contributed by atoms with Crippen molar-refractivity contribution in [2.45, 2.75) is 19.8 Å². The van der Waals surface area contributed by atoms with Gasteiger partial charge < -0.3 is 5.73 Å². The second kappa shape index (κ2) is 3.42. The van der Waals surface area contributed by atoms with Crippen molar-refractivity contribution in [3.63, 3.8) is 0 Å². The standard InChI is InChI=1S/C9H12N4S/c1-5(2)9-11-4-7(14-9)6-3-8(10)13-12-6/h3-5H,1-2H3,(H3,10,12,13). The van der Waals surface area contributed by atoms with Crippen LogP contribution < -0.4 is 5.73 Å². The molecule has 4 nitrogen and oxygen atoms in total. The van der Waals surface area contributed by atoms with Gasteiger partial charge in [0.15, 0.2) is 0 Å². The van der Waals surface area contributed by atoms with Crippen molar-refractivity contribution in [1.82, 2.24) is 15.2 Å². The van der Waals surface area contributed by atoms with E-state index in [4.69, 9.17) is 5.73 Å². The Morgan fingerprint density at radius 3 is 2.79 bits per heavy atom. The van der Waals surface area contributed by atoms with E-state index in [1.807, 2.05) is 12.3 Å². The minimum absolute atomic E-state index is 0.467. The van der Waals surface area contributed by atoms with Gasteiger partial charge in [-0.05, 0) is 0 Å². The van der Waals surface area contributed by atoms with E-state index in [1.165, 1.54) is 0 Å². The Morgan fingerprint density at radius 1 is 1.50 bits per heavy atom. The number of thiazole rings is 1. The molecule has 0 saturated heterocycles. The maximum absolute atomic E-state index is 5.52. The van der Waals surface area contributed by atoms with Gasteiger partial charge >= 0.3 is 0 Å². The van der Waals surface area contributed by atoms with Gasteiger partial charge in [0.1, 0.15) is 5.82 Å². The molecule has 0 saturated carbocycles. The molecule has 5 heteroatoms. The van der Waals surface area contributed by atoms with Crippen LogP contribution in [0.25, 0.3) is 10.6 Å². The summed E-state index contributed by atoms with van der Waals surface area (Å²) in [6.07, 6.45) is 1.85. The van der Waals surface area contributed by atoms with Crippen LogP contribution in [0, 0.1) is 0 Å². The Bertz CT molecular complexity index is 429. The molecule has 0 aliphatic rings. The molecule has 2 heterocycles. The highest BCUT2D eigenvalue weighted by molar-refractivity contribution is 7.15. The summed E-state index contributed by atoms with van der Waals surface area (Å²) < 4.78 is 0. The lowest BCUT2D eigenvalue weighted by Gasteiger charge is -1.95. The number of nitrogens with one attached hydrogen (secondary N) is 1. The quantitative estimate of drug-likeness (QED) is 0.795. The van der Waals surface area contributed by atoms with E-state index in [0.29, 0.717) is 11.7 Å². The van der Waals surface area contributed by atoms with Crippen LogP contribution in [0.2, 0.25) is 0 Å². The highest BCUT2D eigenvalue weighted by Gasteiger charge is 2.08. The predicted molar refractivity (Wildman–Crippen MR) is 58.2 cm³/mol. The fraction of sp³-hybridized carbons (Fsp3) is 0.333. The lowest BCUT2D eigenvalue weighted by molar-refractivity contribution is 0.852. The molecule has 0 spiro atoms. The summed E-state index contributed by atoms with van der Waals surface area (Å²) in [7, 11) is 0. The number of nitrogens with two attached hydrogens (primary N) is 1. The molecule has 0 atom stereocenters. The summed E-state index contributed by atoms with van der Waals surface area (Å²) in [5.41, 5.74) is 6.46. The monoisotopic (exact) mass is 208 g/mol. The number of hydrogen-bond donors (Lipinski definition) is 2. The molecule has 2 aromatic rings. The summed E-state index contributed by atoms with van der Waals surface area (Å²) in [5.74, 6) is 0.980.